The number of fused-ring (bicyclic) bond motifs is 5. The summed E-state index contributed by atoms with van der Waals surface area (Å²) < 4.78 is 0. The van der Waals surface area contributed by atoms with Gasteiger partial charge in [0.2, 0.25) is 0 Å². The Balaban J connectivity index is 1.71. The van der Waals surface area contributed by atoms with Crippen molar-refractivity contribution in [2.45, 2.75) is 64.9 Å². The van der Waals surface area contributed by atoms with Crippen LogP contribution in [0.25, 0.3) is 0 Å². The Morgan fingerprint density at radius 2 is 1.88 bits per heavy atom. The Morgan fingerprint density at radius 1 is 1.17 bits per heavy atom. The van der Waals surface area contributed by atoms with Gasteiger partial charge in [-0.25, -0.2) is 0 Å². The quantitative estimate of drug-likeness (QED) is 0.800. The van der Waals surface area contributed by atoms with Gasteiger partial charge in [0, 0.05) is 10.8 Å². The lowest BCUT2D eigenvalue weighted by atomic mass is 9.47. The molecule has 0 unspecified atom stereocenters. The van der Waals surface area contributed by atoms with Crippen LogP contribution >= 0.6 is 0 Å². The molecule has 24 heavy (non-hydrogen) atoms. The van der Waals surface area contributed by atoms with Crippen LogP contribution in [0.15, 0.2) is 23.8 Å². The molecule has 4 aliphatic rings. The minimum Gasteiger partial charge on any atom is -0.382 e. The van der Waals surface area contributed by atoms with Crippen molar-refractivity contribution in [3.05, 3.63) is 23.8 Å². The minimum atomic E-state index is -1.14. The summed E-state index contributed by atoms with van der Waals surface area (Å²) in [4.78, 5) is 24.0. The zero-order valence-electron chi connectivity index (χ0n) is 15.0. The standard InChI is InChI=1S/C21H28O3/c1-13(22)21(24)11-8-18-16-5-4-14-12-15(23)6-9-19(14,2)17(16)7-10-20(18,21)3/h6,9,12,16-18,24H,4-5,7-8,10-11H2,1-3H3/t16-,17-,18-,19-,20-,21+/m0/s1. The molecule has 6 atom stereocenters. The molecule has 3 fully saturated rings. The third kappa shape index (κ3) is 1.82. The smallest absolute Gasteiger partial charge is 0.178 e. The molecule has 0 amide bonds. The van der Waals surface area contributed by atoms with Gasteiger partial charge in [0.25, 0.3) is 0 Å². The second kappa shape index (κ2) is 4.91. The van der Waals surface area contributed by atoms with Crippen LogP contribution in [0.5, 0.6) is 0 Å². The number of Topliss-reactive ketones (excluding diaryl/α,β-unsaturated/α-hetero) is 1. The topological polar surface area (TPSA) is 54.4 Å². The number of hydrogen-bond acceptors (Lipinski definition) is 3. The molecule has 0 radical (unpaired) electrons. The van der Waals surface area contributed by atoms with Gasteiger partial charge < -0.3 is 5.11 Å². The molecule has 0 aliphatic heterocycles. The first-order valence-corrected chi connectivity index (χ1v) is 9.40. The van der Waals surface area contributed by atoms with Crippen molar-refractivity contribution in [1.29, 1.82) is 0 Å². The van der Waals surface area contributed by atoms with E-state index in [1.165, 1.54) is 5.57 Å². The van der Waals surface area contributed by atoms with Gasteiger partial charge in [-0.2, -0.15) is 0 Å². The number of ketones is 2. The minimum absolute atomic E-state index is 0.0188. The van der Waals surface area contributed by atoms with E-state index in [0.717, 1.165) is 32.1 Å². The molecule has 0 spiro atoms. The third-order valence-electron chi connectivity index (χ3n) is 8.29. The van der Waals surface area contributed by atoms with Gasteiger partial charge in [0.1, 0.15) is 5.60 Å². The predicted molar refractivity (Wildman–Crippen MR) is 92.2 cm³/mol. The fourth-order valence-corrected chi connectivity index (χ4v) is 6.79. The molecule has 3 saturated carbocycles. The van der Waals surface area contributed by atoms with Gasteiger partial charge in [0.15, 0.2) is 11.6 Å². The van der Waals surface area contributed by atoms with Crippen LogP contribution in [0.3, 0.4) is 0 Å². The molecule has 0 aromatic heterocycles. The fraction of sp³-hybridized carbons (Fsp3) is 0.714. The maximum atomic E-state index is 12.2. The highest BCUT2D eigenvalue weighted by Crippen LogP contribution is 2.66. The summed E-state index contributed by atoms with van der Waals surface area (Å²) in [5.74, 6) is 1.53. The van der Waals surface area contributed by atoms with E-state index in [9.17, 15) is 14.7 Å². The van der Waals surface area contributed by atoms with E-state index in [4.69, 9.17) is 0 Å². The van der Waals surface area contributed by atoms with E-state index < -0.39 is 5.60 Å². The monoisotopic (exact) mass is 328 g/mol. The van der Waals surface area contributed by atoms with Crippen LogP contribution in [0, 0.1) is 28.6 Å². The Labute approximate surface area is 144 Å². The van der Waals surface area contributed by atoms with Crippen molar-refractivity contribution < 1.29 is 14.7 Å². The van der Waals surface area contributed by atoms with Crippen molar-refractivity contribution in [3.63, 3.8) is 0 Å². The van der Waals surface area contributed by atoms with E-state index in [-0.39, 0.29) is 22.4 Å². The number of carbonyl (C=O) groups excluding carboxylic acids is 2. The summed E-state index contributed by atoms with van der Waals surface area (Å²) in [6, 6.07) is 0. The Bertz CT molecular complexity index is 675. The number of carbonyl (C=O) groups is 2. The molecular weight excluding hydrogens is 300 g/mol. The van der Waals surface area contributed by atoms with Crippen molar-refractivity contribution in [3.8, 4) is 0 Å². The molecule has 1 N–H and O–H groups in total. The summed E-state index contributed by atoms with van der Waals surface area (Å²) in [7, 11) is 0. The van der Waals surface area contributed by atoms with Crippen molar-refractivity contribution in [1.82, 2.24) is 0 Å². The maximum absolute atomic E-state index is 12.2. The molecule has 0 bridgehead atoms. The van der Waals surface area contributed by atoms with Crippen molar-refractivity contribution >= 4 is 11.6 Å². The Kier molecular flexibility index (Phi) is 3.32. The van der Waals surface area contributed by atoms with Crippen LogP contribution in [0.1, 0.15) is 59.3 Å². The van der Waals surface area contributed by atoms with E-state index in [1.54, 1.807) is 13.0 Å². The lowest BCUT2D eigenvalue weighted by Gasteiger charge is -2.57. The van der Waals surface area contributed by atoms with Crippen LogP contribution in [-0.4, -0.2) is 22.3 Å². The van der Waals surface area contributed by atoms with E-state index in [2.05, 4.69) is 19.9 Å². The maximum Gasteiger partial charge on any atom is 0.178 e. The van der Waals surface area contributed by atoms with Crippen molar-refractivity contribution in [2.75, 3.05) is 0 Å². The highest BCUT2D eigenvalue weighted by atomic mass is 16.3. The summed E-state index contributed by atoms with van der Waals surface area (Å²) in [6.07, 6.45) is 11.3. The van der Waals surface area contributed by atoms with Crippen molar-refractivity contribution in [2.24, 2.45) is 28.6 Å². The van der Waals surface area contributed by atoms with Gasteiger partial charge in [-0.1, -0.05) is 25.5 Å². The third-order valence-corrected chi connectivity index (χ3v) is 8.29. The first-order chi connectivity index (χ1) is 11.2. The zero-order chi connectivity index (χ0) is 17.3. The molecule has 130 valence electrons. The molecule has 0 saturated heterocycles. The van der Waals surface area contributed by atoms with Crippen LogP contribution in [0.2, 0.25) is 0 Å². The Morgan fingerprint density at radius 3 is 2.58 bits per heavy atom. The zero-order valence-corrected chi connectivity index (χ0v) is 15.0. The normalized spacial score (nSPS) is 49.9. The summed E-state index contributed by atoms with van der Waals surface area (Å²) in [5.41, 5.74) is -0.154. The number of allylic oxidation sites excluding steroid dienone is 4. The van der Waals surface area contributed by atoms with E-state index in [1.807, 2.05) is 6.08 Å². The number of aliphatic hydroxyl groups is 1. The second-order valence-electron chi connectivity index (χ2n) is 9.01. The average molecular weight is 328 g/mol. The lowest BCUT2D eigenvalue weighted by molar-refractivity contribution is -0.158. The summed E-state index contributed by atoms with van der Waals surface area (Å²) >= 11 is 0. The molecule has 0 aromatic carbocycles. The molecule has 4 rings (SSSR count). The molecule has 3 nitrogen and oxygen atoms in total. The molecule has 3 heteroatoms. The van der Waals surface area contributed by atoms with Crippen LogP contribution in [-0.2, 0) is 9.59 Å². The SMILES string of the molecule is CC(=O)[C@]1(O)CC[C@H]2[C@H]3CCC4=CC(=O)C=C[C@]4(C)[C@H]3CC[C@@]21C. The molecule has 0 heterocycles. The highest BCUT2D eigenvalue weighted by Gasteiger charge is 2.65. The summed E-state index contributed by atoms with van der Waals surface area (Å²) in [5, 5.41) is 11.1. The van der Waals surface area contributed by atoms with Crippen LogP contribution < -0.4 is 0 Å². The van der Waals surface area contributed by atoms with Gasteiger partial charge in [0.05, 0.1) is 0 Å². The molecular formula is C21H28O3. The van der Waals surface area contributed by atoms with Gasteiger partial charge in [-0.3, -0.25) is 9.59 Å². The summed E-state index contributed by atoms with van der Waals surface area (Å²) in [6.45, 7) is 5.99. The first-order valence-electron chi connectivity index (χ1n) is 9.40. The van der Waals surface area contributed by atoms with E-state index in [0.29, 0.717) is 24.2 Å². The van der Waals surface area contributed by atoms with Gasteiger partial charge in [-0.15, -0.1) is 0 Å². The predicted octanol–water partition coefficient (Wildman–Crippen LogP) is 3.61. The van der Waals surface area contributed by atoms with E-state index >= 15 is 0 Å². The lowest BCUT2D eigenvalue weighted by Crippen LogP contribution is -2.56. The number of rotatable bonds is 1. The van der Waals surface area contributed by atoms with Crippen LogP contribution in [0.4, 0.5) is 0 Å². The largest absolute Gasteiger partial charge is 0.382 e. The van der Waals surface area contributed by atoms with Gasteiger partial charge >= 0.3 is 0 Å². The van der Waals surface area contributed by atoms with Gasteiger partial charge in [-0.05, 0) is 75.4 Å². The molecule has 4 aliphatic carbocycles. The molecule has 0 aromatic rings. The Hall–Kier alpha value is -1.22. The first kappa shape index (κ1) is 16.3. The average Bonchev–Trinajstić information content (AvgIpc) is 2.81. The number of hydrogen-bond donors (Lipinski definition) is 1. The highest BCUT2D eigenvalue weighted by molar-refractivity contribution is 6.01. The second-order valence-corrected chi connectivity index (χ2v) is 9.01. The fourth-order valence-electron chi connectivity index (χ4n) is 6.79.